The molecule has 10 nitrogen and oxygen atoms in total. The van der Waals surface area contributed by atoms with Crippen molar-refractivity contribution in [1.29, 1.82) is 0 Å². The second-order valence-corrected chi connectivity index (χ2v) is 10.2. The monoisotopic (exact) mass is 549 g/mol. The predicted molar refractivity (Wildman–Crippen MR) is 129 cm³/mol. The summed E-state index contributed by atoms with van der Waals surface area (Å²) in [5, 5.41) is 9.76. The fourth-order valence-corrected chi connectivity index (χ4v) is 5.69. The smallest absolute Gasteiger partial charge is 0.294 e. The first-order valence-corrected chi connectivity index (χ1v) is 12.8. The van der Waals surface area contributed by atoms with E-state index in [4.69, 9.17) is 25.3 Å². The summed E-state index contributed by atoms with van der Waals surface area (Å²) in [5.41, 5.74) is 7.61. The Morgan fingerprint density at radius 2 is 2.03 bits per heavy atom. The van der Waals surface area contributed by atoms with Gasteiger partial charge in [-0.25, -0.2) is 4.57 Å². The lowest BCUT2D eigenvalue weighted by atomic mass is 9.93. The molecule has 0 unspecified atom stereocenters. The maximum Gasteiger partial charge on any atom is 0.294 e. The standard InChI is InChI=1S/C22H25BrN6O4S/c23-14-9-15-16(33-8-7-32-15)10-17(14)34-22-26-19-20(24)25-12-29(21(19)27-22)6-3-13-1-4-28(5-2-13)18(31)11-30/h9-10,12-13,30H,1-8,11H2,(H2,24,26,27)/p+1. The Hall–Kier alpha value is -2.57. The zero-order valence-corrected chi connectivity index (χ0v) is 20.9. The molecule has 1 amide bonds. The number of aromatic amines is 1. The lowest BCUT2D eigenvalue weighted by Gasteiger charge is -2.31. The quantitative estimate of drug-likeness (QED) is 0.398. The van der Waals surface area contributed by atoms with Gasteiger partial charge < -0.3 is 30.2 Å². The molecule has 0 saturated carbocycles. The molecule has 4 N–H and O–H groups in total. The number of aryl methyl sites for hydroxylation is 1. The summed E-state index contributed by atoms with van der Waals surface area (Å²) in [7, 11) is 0. The molecule has 2 aliphatic heterocycles. The van der Waals surface area contributed by atoms with Gasteiger partial charge in [-0.15, -0.1) is 0 Å². The van der Waals surface area contributed by atoms with E-state index < -0.39 is 6.61 Å². The number of nitrogens with two attached hydrogens (primary N) is 1. The molecule has 1 saturated heterocycles. The Bertz CT molecular complexity index is 1210. The SMILES string of the molecule is Nc1nc[n+](CCC2CCN(C(=O)CO)CC2)c2nc(Sc3cc4c(cc3Br)OCCO4)[nH]c12. The summed E-state index contributed by atoms with van der Waals surface area (Å²) < 4.78 is 14.3. The predicted octanol–water partition coefficient (Wildman–Crippen LogP) is 2.13. The number of carbonyl (C=O) groups excluding carboxylic acids is 1. The molecule has 3 aromatic rings. The van der Waals surface area contributed by atoms with Crippen molar-refractivity contribution in [2.75, 3.05) is 38.6 Å². The molecule has 0 atom stereocenters. The Kier molecular flexibility index (Phi) is 6.79. The number of nitrogen functional groups attached to an aromatic ring is 1. The second-order valence-electron chi connectivity index (χ2n) is 8.36. The van der Waals surface area contributed by atoms with Crippen LogP contribution in [0.4, 0.5) is 5.82 Å². The van der Waals surface area contributed by atoms with Crippen molar-refractivity contribution >= 4 is 50.6 Å². The number of nitrogens with one attached hydrogen (secondary N) is 1. The number of anilines is 1. The van der Waals surface area contributed by atoms with Crippen molar-refractivity contribution in [3.63, 3.8) is 0 Å². The Morgan fingerprint density at radius 3 is 2.76 bits per heavy atom. The Labute approximate surface area is 209 Å². The van der Waals surface area contributed by atoms with Crippen LogP contribution in [-0.2, 0) is 11.3 Å². The van der Waals surface area contributed by atoms with Crippen LogP contribution < -0.4 is 19.8 Å². The third-order valence-electron chi connectivity index (χ3n) is 6.21. The van der Waals surface area contributed by atoms with Crippen molar-refractivity contribution in [3.8, 4) is 11.5 Å². The maximum absolute atomic E-state index is 11.7. The van der Waals surface area contributed by atoms with Crippen molar-refractivity contribution in [1.82, 2.24) is 19.9 Å². The van der Waals surface area contributed by atoms with E-state index in [1.54, 1.807) is 11.2 Å². The number of aromatic nitrogens is 4. The van der Waals surface area contributed by atoms with Crippen LogP contribution in [0.15, 0.2) is 33.0 Å². The van der Waals surface area contributed by atoms with Crippen LogP contribution in [0.2, 0.25) is 0 Å². The lowest BCUT2D eigenvalue weighted by Crippen LogP contribution is -2.41. The summed E-state index contributed by atoms with van der Waals surface area (Å²) in [6.45, 7) is 2.79. The Morgan fingerprint density at radius 1 is 1.29 bits per heavy atom. The van der Waals surface area contributed by atoms with Gasteiger partial charge in [0.05, 0.1) is 6.54 Å². The minimum atomic E-state index is -0.419. The van der Waals surface area contributed by atoms with E-state index in [0.717, 1.165) is 52.3 Å². The van der Waals surface area contributed by atoms with E-state index in [2.05, 4.69) is 25.9 Å². The highest BCUT2D eigenvalue weighted by Crippen LogP contribution is 2.41. The molecular weight excluding hydrogens is 524 g/mol. The van der Waals surface area contributed by atoms with Gasteiger partial charge in [0, 0.05) is 22.5 Å². The fourth-order valence-electron chi connectivity index (χ4n) is 4.31. The van der Waals surface area contributed by atoms with E-state index in [9.17, 15) is 4.79 Å². The van der Waals surface area contributed by atoms with Crippen LogP contribution in [0.25, 0.3) is 11.2 Å². The molecule has 1 aromatic carbocycles. The first-order valence-electron chi connectivity index (χ1n) is 11.2. The van der Waals surface area contributed by atoms with Gasteiger partial charge in [0.2, 0.25) is 23.2 Å². The van der Waals surface area contributed by atoms with Crippen LogP contribution >= 0.6 is 27.7 Å². The molecule has 0 aliphatic carbocycles. The number of piperidine rings is 1. The first-order chi connectivity index (χ1) is 16.5. The zero-order chi connectivity index (χ0) is 23.7. The van der Waals surface area contributed by atoms with Gasteiger partial charge in [-0.05, 0) is 65.0 Å². The van der Waals surface area contributed by atoms with E-state index in [0.29, 0.717) is 48.7 Å². The number of halogens is 1. The largest absolute Gasteiger partial charge is 0.486 e. The van der Waals surface area contributed by atoms with Gasteiger partial charge >= 0.3 is 0 Å². The van der Waals surface area contributed by atoms with Crippen molar-refractivity contribution < 1.29 is 23.9 Å². The van der Waals surface area contributed by atoms with Gasteiger partial charge in [0.15, 0.2) is 17.0 Å². The molecule has 0 spiro atoms. The molecule has 180 valence electrons. The van der Waals surface area contributed by atoms with Crippen LogP contribution in [0.1, 0.15) is 19.3 Å². The average Bonchev–Trinajstić information content (AvgIpc) is 3.29. The van der Waals surface area contributed by atoms with Crippen LogP contribution in [0.3, 0.4) is 0 Å². The molecule has 0 bridgehead atoms. The van der Waals surface area contributed by atoms with E-state index in [1.165, 1.54) is 11.8 Å². The molecule has 0 radical (unpaired) electrons. The Balaban J connectivity index is 1.30. The highest BCUT2D eigenvalue weighted by Gasteiger charge is 2.25. The molecule has 4 heterocycles. The number of carbonyl (C=O) groups is 1. The minimum Gasteiger partial charge on any atom is -0.486 e. The topological polar surface area (TPSA) is 130 Å². The van der Waals surface area contributed by atoms with E-state index in [1.807, 2.05) is 16.7 Å². The molecule has 2 aliphatic rings. The molecule has 12 heteroatoms. The van der Waals surface area contributed by atoms with Gasteiger partial charge in [-0.1, -0.05) is 9.97 Å². The zero-order valence-electron chi connectivity index (χ0n) is 18.5. The minimum absolute atomic E-state index is 0.191. The summed E-state index contributed by atoms with van der Waals surface area (Å²) in [6.07, 6.45) is 4.54. The highest BCUT2D eigenvalue weighted by molar-refractivity contribution is 9.10. The number of hydrogen-bond donors (Lipinski definition) is 3. The van der Waals surface area contributed by atoms with Crippen molar-refractivity contribution in [2.45, 2.75) is 35.9 Å². The van der Waals surface area contributed by atoms with Crippen molar-refractivity contribution in [3.05, 3.63) is 22.9 Å². The number of hydrogen-bond acceptors (Lipinski definition) is 8. The van der Waals surface area contributed by atoms with Gasteiger partial charge in [-0.3, -0.25) is 4.79 Å². The number of fused-ring (bicyclic) bond motifs is 2. The molecule has 2 aromatic heterocycles. The van der Waals surface area contributed by atoms with Gasteiger partial charge in [0.25, 0.3) is 5.65 Å². The number of nitrogens with zero attached hydrogens (tertiary/aromatic N) is 4. The lowest BCUT2D eigenvalue weighted by molar-refractivity contribution is -0.677. The van der Waals surface area contributed by atoms with E-state index in [-0.39, 0.29) is 5.91 Å². The van der Waals surface area contributed by atoms with Gasteiger partial charge in [-0.2, -0.15) is 0 Å². The summed E-state index contributed by atoms with van der Waals surface area (Å²) in [4.78, 5) is 26.8. The molecule has 1 fully saturated rings. The fraction of sp³-hybridized carbons (Fsp3) is 0.455. The molecule has 5 rings (SSSR count). The molecular formula is C22H26BrN6O4S+. The van der Waals surface area contributed by atoms with Gasteiger partial charge in [0.1, 0.15) is 19.8 Å². The number of likely N-dealkylation sites (tertiary alicyclic amines) is 1. The number of imidazole rings is 1. The number of aliphatic hydroxyl groups is 1. The number of benzene rings is 1. The summed E-state index contributed by atoms with van der Waals surface area (Å²) >= 11 is 5.09. The third kappa shape index (κ3) is 4.80. The number of amides is 1. The number of H-pyrrole nitrogens is 1. The average molecular weight is 550 g/mol. The van der Waals surface area contributed by atoms with Crippen LogP contribution in [-0.4, -0.2) is 63.8 Å². The summed E-state index contributed by atoms with van der Waals surface area (Å²) in [6, 6.07) is 3.86. The first kappa shape index (κ1) is 23.2. The number of aliphatic hydroxyl groups excluding tert-OH is 1. The third-order valence-corrected chi connectivity index (χ3v) is 8.07. The van der Waals surface area contributed by atoms with E-state index >= 15 is 0 Å². The highest BCUT2D eigenvalue weighted by atomic mass is 79.9. The van der Waals surface area contributed by atoms with Crippen LogP contribution in [0, 0.1) is 5.92 Å². The molecule has 34 heavy (non-hydrogen) atoms. The summed E-state index contributed by atoms with van der Waals surface area (Å²) in [5.74, 6) is 2.16. The number of ether oxygens (including phenoxy) is 2. The van der Waals surface area contributed by atoms with Crippen LogP contribution in [0.5, 0.6) is 11.5 Å². The normalized spacial score (nSPS) is 16.2. The van der Waals surface area contributed by atoms with Crippen molar-refractivity contribution in [2.24, 2.45) is 5.92 Å². The second kappa shape index (κ2) is 9.96. The maximum atomic E-state index is 11.7. The number of rotatable bonds is 6.